The minimum absolute atomic E-state index is 0.0924. The largest absolute Gasteiger partial charge is 0.459 e. The van der Waals surface area contributed by atoms with Crippen molar-refractivity contribution in [2.75, 3.05) is 12.3 Å². The number of ether oxygens (including phenoxy) is 2. The number of carbonyl (C=O) groups is 1. The van der Waals surface area contributed by atoms with Crippen molar-refractivity contribution in [3.8, 4) is 0 Å². The summed E-state index contributed by atoms with van der Waals surface area (Å²) in [5.41, 5.74) is 5.67. The Morgan fingerprint density at radius 3 is 2.92 bits per heavy atom. The number of hydrogen-bond donors (Lipinski definition) is 1. The molecule has 2 atom stereocenters. The molecule has 24 heavy (non-hydrogen) atoms. The Kier molecular flexibility index (Phi) is 3.90. The van der Waals surface area contributed by atoms with E-state index >= 15 is 0 Å². The lowest BCUT2D eigenvalue weighted by atomic mass is 10.1. The van der Waals surface area contributed by atoms with Gasteiger partial charge < -0.3 is 15.2 Å². The van der Waals surface area contributed by atoms with E-state index in [1.165, 1.54) is 12.7 Å². The topological polar surface area (TPSA) is 105 Å². The second-order valence-corrected chi connectivity index (χ2v) is 6.47. The molecule has 0 unspecified atom stereocenters. The molecule has 0 amide bonds. The smallest absolute Gasteiger partial charge is 0.308 e. The van der Waals surface area contributed by atoms with Crippen LogP contribution in [0.3, 0.4) is 0 Å². The summed E-state index contributed by atoms with van der Waals surface area (Å²) in [5, 5.41) is 0. The average molecular weight is 337 g/mol. The number of anilines is 1. The van der Waals surface area contributed by atoms with Crippen molar-refractivity contribution < 1.29 is 18.7 Å². The molecule has 9 heteroatoms. The Balaban J connectivity index is 1.82. The number of imidazole rings is 1. The molecule has 2 aromatic heterocycles. The standard InChI is InChI=1S/C15H20FN5O3/c1-9(2)13(22)23-6-15(16)5-4-14(3,24-15)21-8-20-10-11(17)18-7-19-12(10)21/h7-9H,4-6H2,1-3H3,(H2,17,18,19)/t14-,15+/m1/s1. The second kappa shape index (κ2) is 5.66. The fourth-order valence-electron chi connectivity index (χ4n) is 2.73. The predicted molar refractivity (Wildman–Crippen MR) is 83.3 cm³/mol. The summed E-state index contributed by atoms with van der Waals surface area (Å²) >= 11 is 0. The highest BCUT2D eigenvalue weighted by Crippen LogP contribution is 2.43. The number of aromatic nitrogens is 4. The van der Waals surface area contributed by atoms with Crippen molar-refractivity contribution in [3.05, 3.63) is 12.7 Å². The van der Waals surface area contributed by atoms with Gasteiger partial charge in [-0.1, -0.05) is 13.8 Å². The maximum atomic E-state index is 14.9. The van der Waals surface area contributed by atoms with Gasteiger partial charge in [-0.25, -0.2) is 19.3 Å². The summed E-state index contributed by atoms with van der Waals surface area (Å²) in [7, 11) is 0. The number of hydrogen-bond acceptors (Lipinski definition) is 7. The van der Waals surface area contributed by atoms with E-state index < -0.39 is 24.2 Å². The number of rotatable bonds is 4. The van der Waals surface area contributed by atoms with Crippen LogP contribution in [0.1, 0.15) is 33.6 Å². The summed E-state index contributed by atoms with van der Waals surface area (Å²) in [6.45, 7) is 4.67. The van der Waals surface area contributed by atoms with Crippen LogP contribution < -0.4 is 5.73 Å². The summed E-state index contributed by atoms with van der Waals surface area (Å²) in [4.78, 5) is 23.8. The van der Waals surface area contributed by atoms with Crippen LogP contribution in [-0.2, 0) is 20.0 Å². The molecule has 0 saturated carbocycles. The van der Waals surface area contributed by atoms with Gasteiger partial charge >= 0.3 is 5.97 Å². The second-order valence-electron chi connectivity index (χ2n) is 6.47. The Bertz CT molecular complexity index is 780. The fourth-order valence-corrected chi connectivity index (χ4v) is 2.73. The highest BCUT2D eigenvalue weighted by Gasteiger charge is 2.50. The van der Waals surface area contributed by atoms with Gasteiger partial charge in [0, 0.05) is 12.8 Å². The molecule has 130 valence electrons. The molecule has 2 aromatic rings. The van der Waals surface area contributed by atoms with Gasteiger partial charge in [0.05, 0.1) is 12.2 Å². The van der Waals surface area contributed by atoms with Crippen molar-refractivity contribution >= 4 is 23.0 Å². The van der Waals surface area contributed by atoms with Gasteiger partial charge in [0.2, 0.25) is 5.85 Å². The third-order valence-electron chi connectivity index (χ3n) is 4.14. The third-order valence-corrected chi connectivity index (χ3v) is 4.14. The summed E-state index contributed by atoms with van der Waals surface area (Å²) in [5.74, 6) is -2.58. The summed E-state index contributed by atoms with van der Waals surface area (Å²) in [6, 6.07) is 0. The lowest BCUT2D eigenvalue weighted by Crippen LogP contribution is -2.37. The Labute approximate surface area is 138 Å². The molecule has 2 N–H and O–H groups in total. The van der Waals surface area contributed by atoms with E-state index in [2.05, 4.69) is 15.0 Å². The first kappa shape index (κ1) is 16.6. The van der Waals surface area contributed by atoms with Crippen LogP contribution in [0.5, 0.6) is 0 Å². The van der Waals surface area contributed by atoms with Gasteiger partial charge in [-0.15, -0.1) is 0 Å². The van der Waals surface area contributed by atoms with Gasteiger partial charge in [-0.3, -0.25) is 9.36 Å². The summed E-state index contributed by atoms with van der Waals surface area (Å²) < 4.78 is 27.2. The molecule has 0 spiro atoms. The third kappa shape index (κ3) is 2.79. The van der Waals surface area contributed by atoms with E-state index in [0.29, 0.717) is 17.6 Å². The first-order valence-electron chi connectivity index (χ1n) is 7.74. The molecule has 0 aliphatic carbocycles. The molecule has 1 aliphatic heterocycles. The number of fused-ring (bicyclic) bond motifs is 1. The number of carbonyl (C=O) groups excluding carboxylic acids is 1. The van der Waals surface area contributed by atoms with E-state index in [4.69, 9.17) is 15.2 Å². The number of esters is 1. The highest BCUT2D eigenvalue weighted by atomic mass is 19.2. The lowest BCUT2D eigenvalue weighted by molar-refractivity contribution is -0.224. The van der Waals surface area contributed by atoms with Gasteiger partial charge in [-0.05, 0) is 6.92 Å². The molecule has 0 aromatic carbocycles. The van der Waals surface area contributed by atoms with Crippen LogP contribution in [0, 0.1) is 5.92 Å². The van der Waals surface area contributed by atoms with Crippen LogP contribution in [0.4, 0.5) is 10.2 Å². The molecule has 3 rings (SSSR count). The van der Waals surface area contributed by atoms with Gasteiger partial charge in [0.1, 0.15) is 17.6 Å². The monoisotopic (exact) mass is 337 g/mol. The first-order chi connectivity index (χ1) is 11.2. The molecular formula is C15H20FN5O3. The van der Waals surface area contributed by atoms with Gasteiger partial charge in [0.15, 0.2) is 18.1 Å². The van der Waals surface area contributed by atoms with Crippen LogP contribution in [-0.4, -0.2) is 38.0 Å². The number of nitrogens with two attached hydrogens (primary N) is 1. The van der Waals surface area contributed by atoms with Gasteiger partial charge in [0.25, 0.3) is 0 Å². The minimum atomic E-state index is -2.05. The fraction of sp³-hybridized carbons (Fsp3) is 0.600. The molecule has 8 nitrogen and oxygen atoms in total. The number of nitrogens with zero attached hydrogens (tertiary/aromatic N) is 4. The molecule has 1 aliphatic rings. The minimum Gasteiger partial charge on any atom is -0.459 e. The average Bonchev–Trinajstić information content (AvgIpc) is 3.09. The summed E-state index contributed by atoms with van der Waals surface area (Å²) in [6.07, 6.45) is 3.29. The quantitative estimate of drug-likeness (QED) is 0.847. The first-order valence-corrected chi connectivity index (χ1v) is 7.74. The molecule has 0 radical (unpaired) electrons. The van der Waals surface area contributed by atoms with E-state index in [9.17, 15) is 9.18 Å². The predicted octanol–water partition coefficient (Wildman–Crippen LogP) is 1.76. The SMILES string of the molecule is CC(C)C(=O)OC[C@]1(F)CC[C@](C)(n2cnc3c(N)ncnc32)O1. The van der Waals surface area contributed by atoms with Crippen molar-refractivity contribution in [1.82, 2.24) is 19.5 Å². The highest BCUT2D eigenvalue weighted by molar-refractivity contribution is 5.81. The Hall–Kier alpha value is -2.29. The molecule has 3 heterocycles. The van der Waals surface area contributed by atoms with E-state index in [1.807, 2.05) is 0 Å². The lowest BCUT2D eigenvalue weighted by Gasteiger charge is -2.29. The number of alkyl halides is 1. The maximum absolute atomic E-state index is 14.9. The van der Waals surface area contributed by atoms with Crippen LogP contribution >= 0.6 is 0 Å². The van der Waals surface area contributed by atoms with Gasteiger partial charge in [-0.2, -0.15) is 0 Å². The Morgan fingerprint density at radius 2 is 2.21 bits per heavy atom. The molecule has 0 bridgehead atoms. The van der Waals surface area contributed by atoms with E-state index in [1.54, 1.807) is 25.3 Å². The number of halogens is 1. The van der Waals surface area contributed by atoms with Crippen molar-refractivity contribution in [3.63, 3.8) is 0 Å². The van der Waals surface area contributed by atoms with Crippen molar-refractivity contribution in [2.45, 2.75) is 45.2 Å². The maximum Gasteiger partial charge on any atom is 0.308 e. The van der Waals surface area contributed by atoms with E-state index in [0.717, 1.165) is 0 Å². The zero-order chi connectivity index (χ0) is 17.5. The van der Waals surface area contributed by atoms with Crippen LogP contribution in [0.15, 0.2) is 12.7 Å². The van der Waals surface area contributed by atoms with E-state index in [-0.39, 0.29) is 18.2 Å². The molecule has 1 fully saturated rings. The molecular weight excluding hydrogens is 317 g/mol. The number of nitrogen functional groups attached to an aromatic ring is 1. The zero-order valence-corrected chi connectivity index (χ0v) is 13.8. The van der Waals surface area contributed by atoms with Crippen molar-refractivity contribution in [1.29, 1.82) is 0 Å². The Morgan fingerprint density at radius 1 is 1.46 bits per heavy atom. The normalized spacial score (nSPS) is 27.0. The zero-order valence-electron chi connectivity index (χ0n) is 13.8. The van der Waals surface area contributed by atoms with Crippen LogP contribution in [0.2, 0.25) is 0 Å². The molecule has 1 saturated heterocycles. The van der Waals surface area contributed by atoms with Crippen LogP contribution in [0.25, 0.3) is 11.2 Å². The van der Waals surface area contributed by atoms with Crippen molar-refractivity contribution in [2.24, 2.45) is 5.92 Å².